The van der Waals surface area contributed by atoms with Gasteiger partial charge in [-0.25, -0.2) is 8.42 Å². The predicted molar refractivity (Wildman–Crippen MR) is 94.0 cm³/mol. The summed E-state index contributed by atoms with van der Waals surface area (Å²) in [5.41, 5.74) is 1.11. The second-order valence-electron chi connectivity index (χ2n) is 5.35. The molecule has 0 spiro atoms. The normalized spacial score (nSPS) is 13.9. The number of hydrogen-bond acceptors (Lipinski definition) is 5. The van der Waals surface area contributed by atoms with Crippen molar-refractivity contribution in [2.45, 2.75) is 4.90 Å². The highest BCUT2D eigenvalue weighted by atomic mass is 35.5. The van der Waals surface area contributed by atoms with Crippen LogP contribution in [0.1, 0.15) is 0 Å². The zero-order chi connectivity index (χ0) is 17.3. The molecule has 0 aromatic heterocycles. The third kappa shape index (κ3) is 3.22. The molecule has 0 bridgehead atoms. The number of hydrogen-bond donors (Lipinski definition) is 1. The van der Waals surface area contributed by atoms with Crippen LogP contribution < -0.4 is 19.1 Å². The molecule has 8 heteroatoms. The first-order chi connectivity index (χ1) is 11.4. The number of nitrogens with zero attached hydrogens (tertiary/aromatic N) is 1. The van der Waals surface area contributed by atoms with E-state index in [1.54, 1.807) is 24.3 Å². The fraction of sp³-hybridized carbons (Fsp3) is 0.250. The first kappa shape index (κ1) is 16.7. The number of sulfonamides is 1. The standard InChI is InChI=1S/C16H17ClN2O4S/c1-19-7-8-23-16-6-4-12(10-14(16)19)24(20,21)18-11-3-5-15(22-2)13(17)9-11/h3-6,9-10,18H,7-8H2,1-2H3. The van der Waals surface area contributed by atoms with Crippen molar-refractivity contribution in [3.8, 4) is 11.5 Å². The number of nitrogens with one attached hydrogen (secondary N) is 1. The van der Waals surface area contributed by atoms with Gasteiger partial charge in [0.05, 0.1) is 34.9 Å². The van der Waals surface area contributed by atoms with Crippen LogP contribution in [0.3, 0.4) is 0 Å². The monoisotopic (exact) mass is 368 g/mol. The minimum atomic E-state index is -3.74. The number of anilines is 2. The molecule has 1 N–H and O–H groups in total. The van der Waals surface area contributed by atoms with Crippen molar-refractivity contribution in [3.63, 3.8) is 0 Å². The van der Waals surface area contributed by atoms with E-state index in [2.05, 4.69) is 4.72 Å². The third-order valence-corrected chi connectivity index (χ3v) is 5.41. The number of methoxy groups -OCH3 is 1. The number of fused-ring (bicyclic) bond motifs is 1. The zero-order valence-electron chi connectivity index (χ0n) is 13.2. The Morgan fingerprint density at radius 2 is 2.04 bits per heavy atom. The van der Waals surface area contributed by atoms with Crippen LogP contribution in [0, 0.1) is 0 Å². The van der Waals surface area contributed by atoms with Crippen molar-refractivity contribution in [1.82, 2.24) is 0 Å². The Hall–Kier alpha value is -2.12. The first-order valence-electron chi connectivity index (χ1n) is 7.25. The highest BCUT2D eigenvalue weighted by Crippen LogP contribution is 2.34. The fourth-order valence-electron chi connectivity index (χ4n) is 2.44. The molecule has 128 valence electrons. The second-order valence-corrected chi connectivity index (χ2v) is 7.44. The maximum atomic E-state index is 12.6. The summed E-state index contributed by atoms with van der Waals surface area (Å²) in [6, 6.07) is 9.49. The summed E-state index contributed by atoms with van der Waals surface area (Å²) in [5, 5.41) is 0.330. The van der Waals surface area contributed by atoms with Crippen LogP contribution in [0.4, 0.5) is 11.4 Å². The Bertz CT molecular complexity index is 870. The van der Waals surface area contributed by atoms with E-state index in [-0.39, 0.29) is 4.90 Å². The molecule has 0 saturated carbocycles. The van der Waals surface area contributed by atoms with Gasteiger partial charge in [-0.05, 0) is 36.4 Å². The fourth-order valence-corrected chi connectivity index (χ4v) is 3.77. The van der Waals surface area contributed by atoms with Gasteiger partial charge in [0.2, 0.25) is 0 Å². The van der Waals surface area contributed by atoms with Gasteiger partial charge in [-0.15, -0.1) is 0 Å². The Labute approximate surface area is 146 Å². The van der Waals surface area contributed by atoms with E-state index < -0.39 is 10.0 Å². The van der Waals surface area contributed by atoms with E-state index in [0.29, 0.717) is 35.4 Å². The number of halogens is 1. The predicted octanol–water partition coefficient (Wildman–Crippen LogP) is 2.98. The summed E-state index contributed by atoms with van der Waals surface area (Å²) in [7, 11) is -0.344. The Kier molecular flexibility index (Phi) is 4.47. The van der Waals surface area contributed by atoms with Crippen LogP contribution in [0.2, 0.25) is 5.02 Å². The Morgan fingerprint density at radius 3 is 2.75 bits per heavy atom. The summed E-state index contributed by atoms with van der Waals surface area (Å²) < 4.78 is 38.3. The Morgan fingerprint density at radius 1 is 1.25 bits per heavy atom. The van der Waals surface area contributed by atoms with Gasteiger partial charge in [-0.2, -0.15) is 0 Å². The number of ether oxygens (including phenoxy) is 2. The molecular formula is C16H17ClN2O4S. The topological polar surface area (TPSA) is 67.9 Å². The summed E-state index contributed by atoms with van der Waals surface area (Å²) in [6.07, 6.45) is 0. The maximum absolute atomic E-state index is 12.6. The van der Waals surface area contributed by atoms with Crippen LogP contribution in [-0.4, -0.2) is 35.7 Å². The van der Waals surface area contributed by atoms with Crippen LogP contribution in [0.5, 0.6) is 11.5 Å². The maximum Gasteiger partial charge on any atom is 0.261 e. The van der Waals surface area contributed by atoms with Gasteiger partial charge in [-0.1, -0.05) is 11.6 Å². The van der Waals surface area contributed by atoms with Gasteiger partial charge in [0.25, 0.3) is 10.0 Å². The lowest BCUT2D eigenvalue weighted by Gasteiger charge is -2.28. The molecular weight excluding hydrogens is 352 g/mol. The van der Waals surface area contributed by atoms with Crippen molar-refractivity contribution in [3.05, 3.63) is 41.4 Å². The SMILES string of the molecule is COc1ccc(NS(=O)(=O)c2ccc3c(c2)N(C)CCO3)cc1Cl. The summed E-state index contributed by atoms with van der Waals surface area (Å²) in [5.74, 6) is 1.15. The van der Waals surface area contributed by atoms with Gasteiger partial charge in [0, 0.05) is 7.05 Å². The molecule has 2 aromatic carbocycles. The van der Waals surface area contributed by atoms with E-state index in [0.717, 1.165) is 5.69 Å². The van der Waals surface area contributed by atoms with Crippen molar-refractivity contribution in [1.29, 1.82) is 0 Å². The molecule has 24 heavy (non-hydrogen) atoms. The van der Waals surface area contributed by atoms with Gasteiger partial charge in [0.1, 0.15) is 18.1 Å². The second kappa shape index (κ2) is 6.41. The van der Waals surface area contributed by atoms with Crippen LogP contribution >= 0.6 is 11.6 Å². The molecule has 0 fully saturated rings. The van der Waals surface area contributed by atoms with Gasteiger partial charge in [-0.3, -0.25) is 4.72 Å². The van der Waals surface area contributed by atoms with Crippen molar-refractivity contribution < 1.29 is 17.9 Å². The van der Waals surface area contributed by atoms with Crippen molar-refractivity contribution >= 4 is 33.0 Å². The number of rotatable bonds is 4. The van der Waals surface area contributed by atoms with E-state index in [1.807, 2.05) is 11.9 Å². The summed E-state index contributed by atoms with van der Waals surface area (Å²) in [6.45, 7) is 1.29. The molecule has 0 aliphatic carbocycles. The van der Waals surface area contributed by atoms with E-state index in [9.17, 15) is 8.42 Å². The molecule has 0 atom stereocenters. The Balaban J connectivity index is 1.91. The lowest BCUT2D eigenvalue weighted by molar-refractivity contribution is 0.311. The molecule has 1 aliphatic rings. The van der Waals surface area contributed by atoms with Crippen LogP contribution in [0.25, 0.3) is 0 Å². The largest absolute Gasteiger partial charge is 0.495 e. The van der Waals surface area contributed by atoms with Crippen molar-refractivity contribution in [2.24, 2.45) is 0 Å². The number of benzene rings is 2. The van der Waals surface area contributed by atoms with Crippen molar-refractivity contribution in [2.75, 3.05) is 36.9 Å². The van der Waals surface area contributed by atoms with Crippen LogP contribution in [-0.2, 0) is 10.0 Å². The minimum Gasteiger partial charge on any atom is -0.495 e. The molecule has 0 radical (unpaired) electrons. The average Bonchev–Trinajstić information content (AvgIpc) is 2.55. The quantitative estimate of drug-likeness (QED) is 0.898. The first-order valence-corrected chi connectivity index (χ1v) is 9.11. The van der Waals surface area contributed by atoms with Gasteiger partial charge < -0.3 is 14.4 Å². The molecule has 1 heterocycles. The smallest absolute Gasteiger partial charge is 0.261 e. The zero-order valence-corrected chi connectivity index (χ0v) is 14.8. The molecule has 6 nitrogen and oxygen atoms in total. The molecule has 1 aliphatic heterocycles. The van der Waals surface area contributed by atoms with E-state index in [1.165, 1.54) is 19.2 Å². The molecule has 0 amide bonds. The molecule has 0 unspecified atom stereocenters. The van der Waals surface area contributed by atoms with E-state index in [4.69, 9.17) is 21.1 Å². The average molecular weight is 369 g/mol. The summed E-state index contributed by atoms with van der Waals surface area (Å²) >= 11 is 6.04. The van der Waals surface area contributed by atoms with Crippen LogP contribution in [0.15, 0.2) is 41.3 Å². The molecule has 2 aromatic rings. The van der Waals surface area contributed by atoms with Gasteiger partial charge in [0.15, 0.2) is 0 Å². The molecule has 0 saturated heterocycles. The highest BCUT2D eigenvalue weighted by Gasteiger charge is 2.21. The highest BCUT2D eigenvalue weighted by molar-refractivity contribution is 7.92. The lowest BCUT2D eigenvalue weighted by Crippen LogP contribution is -2.29. The van der Waals surface area contributed by atoms with Gasteiger partial charge >= 0.3 is 0 Å². The minimum absolute atomic E-state index is 0.158. The van der Waals surface area contributed by atoms with E-state index >= 15 is 0 Å². The third-order valence-electron chi connectivity index (χ3n) is 3.74. The summed E-state index contributed by atoms with van der Waals surface area (Å²) in [4.78, 5) is 2.12. The number of likely N-dealkylation sites (N-methyl/N-ethyl adjacent to an activating group) is 1. The lowest BCUT2D eigenvalue weighted by atomic mass is 10.2. The molecule has 3 rings (SSSR count).